The van der Waals surface area contributed by atoms with Crippen LogP contribution in [0.4, 0.5) is 0 Å². The lowest BCUT2D eigenvalue weighted by molar-refractivity contribution is 0.748. The maximum atomic E-state index is 6.45. The molecule has 3 rings (SSSR count). The van der Waals surface area contributed by atoms with Gasteiger partial charge in [0.1, 0.15) is 0 Å². The maximum absolute atomic E-state index is 6.45. The van der Waals surface area contributed by atoms with Gasteiger partial charge in [0.2, 0.25) is 0 Å². The lowest BCUT2D eigenvalue weighted by atomic mass is 10.0. The highest BCUT2D eigenvalue weighted by Crippen LogP contribution is 2.39. The van der Waals surface area contributed by atoms with Crippen LogP contribution in [0.15, 0.2) is 36.4 Å². The molecule has 120 valence electrons. The molecule has 0 aliphatic heterocycles. The van der Waals surface area contributed by atoms with Gasteiger partial charge in [-0.1, -0.05) is 46.9 Å². The summed E-state index contributed by atoms with van der Waals surface area (Å²) in [5, 5.41) is 3.06. The first-order chi connectivity index (χ1) is 11.1. The molecule has 0 saturated heterocycles. The summed E-state index contributed by atoms with van der Waals surface area (Å²) in [4.78, 5) is 3.44. The lowest BCUT2D eigenvalue weighted by Crippen LogP contribution is -1.99. The Kier molecular flexibility index (Phi) is 5.17. The second kappa shape index (κ2) is 7.14. The lowest BCUT2D eigenvalue weighted by Gasteiger charge is -2.06. The number of aromatic nitrogens is 1. The van der Waals surface area contributed by atoms with Crippen molar-refractivity contribution in [3.05, 3.63) is 57.0 Å². The Balaban J connectivity index is 2.21. The Morgan fingerprint density at radius 2 is 1.74 bits per heavy atom. The van der Waals surface area contributed by atoms with Gasteiger partial charge >= 0.3 is 0 Å². The van der Waals surface area contributed by atoms with Crippen LogP contribution in [0.1, 0.15) is 18.4 Å². The van der Waals surface area contributed by atoms with Crippen LogP contribution in [-0.2, 0) is 6.42 Å². The number of H-pyrrole nitrogens is 1. The Morgan fingerprint density at radius 3 is 2.48 bits per heavy atom. The van der Waals surface area contributed by atoms with Gasteiger partial charge in [-0.2, -0.15) is 0 Å². The van der Waals surface area contributed by atoms with Crippen molar-refractivity contribution >= 4 is 45.7 Å². The van der Waals surface area contributed by atoms with Crippen LogP contribution < -0.4 is 5.73 Å². The zero-order valence-electron chi connectivity index (χ0n) is 12.5. The van der Waals surface area contributed by atoms with Crippen molar-refractivity contribution in [2.24, 2.45) is 5.73 Å². The van der Waals surface area contributed by atoms with E-state index in [0.717, 1.165) is 41.4 Å². The van der Waals surface area contributed by atoms with Crippen molar-refractivity contribution in [3.8, 4) is 11.3 Å². The minimum absolute atomic E-state index is 0.665. The summed E-state index contributed by atoms with van der Waals surface area (Å²) < 4.78 is 0. The Morgan fingerprint density at radius 1 is 0.957 bits per heavy atom. The van der Waals surface area contributed by atoms with Crippen molar-refractivity contribution in [2.45, 2.75) is 19.3 Å². The van der Waals surface area contributed by atoms with E-state index in [1.54, 1.807) is 0 Å². The molecule has 23 heavy (non-hydrogen) atoms. The highest BCUT2D eigenvalue weighted by atomic mass is 35.5. The predicted octanol–water partition coefficient (Wildman–Crippen LogP) is 6.08. The summed E-state index contributed by atoms with van der Waals surface area (Å²) in [5.74, 6) is 0. The number of nitrogens with one attached hydrogen (secondary N) is 1. The number of halogens is 3. The molecular formula is C18H17Cl3N2. The molecule has 0 bridgehead atoms. The minimum atomic E-state index is 0.665. The molecule has 0 fully saturated rings. The van der Waals surface area contributed by atoms with E-state index in [-0.39, 0.29) is 0 Å². The fraction of sp³-hybridized carbons (Fsp3) is 0.222. The van der Waals surface area contributed by atoms with Gasteiger partial charge in [-0.05, 0) is 61.2 Å². The molecule has 2 aromatic carbocycles. The summed E-state index contributed by atoms with van der Waals surface area (Å²) in [6, 6.07) is 11.4. The smallest absolute Gasteiger partial charge is 0.0666 e. The van der Waals surface area contributed by atoms with E-state index in [1.807, 2.05) is 36.4 Å². The van der Waals surface area contributed by atoms with E-state index in [1.165, 1.54) is 5.56 Å². The first-order valence-electron chi connectivity index (χ1n) is 7.56. The monoisotopic (exact) mass is 366 g/mol. The molecule has 0 aliphatic rings. The van der Waals surface area contributed by atoms with Crippen LogP contribution in [0.3, 0.4) is 0 Å². The molecule has 0 aliphatic carbocycles. The highest BCUT2D eigenvalue weighted by molar-refractivity contribution is 6.40. The number of rotatable bonds is 5. The zero-order chi connectivity index (χ0) is 16.4. The Bertz CT molecular complexity index is 840. The van der Waals surface area contributed by atoms with E-state index in [2.05, 4.69) is 4.98 Å². The van der Waals surface area contributed by atoms with Crippen molar-refractivity contribution in [1.29, 1.82) is 0 Å². The molecular weight excluding hydrogens is 351 g/mol. The van der Waals surface area contributed by atoms with Gasteiger partial charge in [0.15, 0.2) is 0 Å². The summed E-state index contributed by atoms with van der Waals surface area (Å²) in [6.45, 7) is 0.684. The van der Waals surface area contributed by atoms with E-state index < -0.39 is 0 Å². The molecule has 0 radical (unpaired) electrons. The minimum Gasteiger partial charge on any atom is -0.353 e. The Hall–Kier alpha value is -1.19. The third kappa shape index (κ3) is 3.36. The second-order valence-electron chi connectivity index (χ2n) is 5.51. The molecule has 3 aromatic rings. The van der Waals surface area contributed by atoms with E-state index in [0.29, 0.717) is 21.6 Å². The summed E-state index contributed by atoms with van der Waals surface area (Å²) in [6.07, 6.45) is 2.86. The molecule has 0 spiro atoms. The zero-order valence-corrected chi connectivity index (χ0v) is 14.8. The van der Waals surface area contributed by atoms with Crippen molar-refractivity contribution in [1.82, 2.24) is 4.98 Å². The molecule has 0 unspecified atom stereocenters. The number of nitrogens with two attached hydrogens (primary N) is 1. The molecule has 0 saturated carbocycles. The molecule has 1 aromatic heterocycles. The van der Waals surface area contributed by atoms with Crippen LogP contribution >= 0.6 is 34.8 Å². The molecule has 2 nitrogen and oxygen atoms in total. The van der Waals surface area contributed by atoms with Crippen LogP contribution in [0.2, 0.25) is 15.1 Å². The van der Waals surface area contributed by atoms with Gasteiger partial charge in [0.25, 0.3) is 0 Å². The van der Waals surface area contributed by atoms with Gasteiger partial charge in [-0.25, -0.2) is 0 Å². The Labute approximate surface area is 150 Å². The van der Waals surface area contributed by atoms with E-state index in [4.69, 9.17) is 40.5 Å². The number of aryl methyl sites for hydroxylation is 1. The third-order valence-corrected chi connectivity index (χ3v) is 4.82. The normalized spacial score (nSPS) is 11.3. The largest absolute Gasteiger partial charge is 0.353 e. The van der Waals surface area contributed by atoms with Crippen LogP contribution in [-0.4, -0.2) is 11.5 Å². The van der Waals surface area contributed by atoms with Crippen LogP contribution in [0.5, 0.6) is 0 Å². The van der Waals surface area contributed by atoms with Gasteiger partial charge in [0.05, 0.1) is 15.6 Å². The van der Waals surface area contributed by atoms with E-state index in [9.17, 15) is 0 Å². The number of unbranched alkanes of at least 4 members (excludes halogenated alkanes) is 1. The predicted molar refractivity (Wildman–Crippen MR) is 101 cm³/mol. The summed E-state index contributed by atoms with van der Waals surface area (Å²) in [5.41, 5.74) is 9.73. The molecule has 0 amide bonds. The van der Waals surface area contributed by atoms with Crippen molar-refractivity contribution < 1.29 is 0 Å². The number of aromatic amines is 1. The molecule has 0 atom stereocenters. The third-order valence-electron chi connectivity index (χ3n) is 3.95. The summed E-state index contributed by atoms with van der Waals surface area (Å²) in [7, 11) is 0. The highest BCUT2D eigenvalue weighted by Gasteiger charge is 2.17. The topological polar surface area (TPSA) is 41.8 Å². The maximum Gasteiger partial charge on any atom is 0.0666 e. The average molecular weight is 368 g/mol. The number of hydrogen-bond donors (Lipinski definition) is 2. The quantitative estimate of drug-likeness (QED) is 0.527. The van der Waals surface area contributed by atoms with Crippen LogP contribution in [0.25, 0.3) is 22.2 Å². The van der Waals surface area contributed by atoms with Crippen LogP contribution in [0, 0.1) is 0 Å². The van der Waals surface area contributed by atoms with E-state index >= 15 is 0 Å². The fourth-order valence-corrected chi connectivity index (χ4v) is 3.55. The SMILES string of the molecule is NCCCCc1c(-c2cccc(Cl)c2)[nH]c2c(Cl)ccc(Cl)c12. The molecule has 1 heterocycles. The second-order valence-corrected chi connectivity index (χ2v) is 6.76. The molecule has 5 heteroatoms. The fourth-order valence-electron chi connectivity index (χ4n) is 2.88. The average Bonchev–Trinajstić information content (AvgIpc) is 2.92. The first-order valence-corrected chi connectivity index (χ1v) is 8.69. The number of benzene rings is 2. The number of fused-ring (bicyclic) bond motifs is 1. The van der Waals surface area contributed by atoms with Crippen molar-refractivity contribution in [3.63, 3.8) is 0 Å². The summed E-state index contributed by atoms with van der Waals surface area (Å²) >= 11 is 19.0. The van der Waals surface area contributed by atoms with Gasteiger partial charge in [-0.15, -0.1) is 0 Å². The van der Waals surface area contributed by atoms with Gasteiger partial charge < -0.3 is 10.7 Å². The molecule has 3 N–H and O–H groups in total. The first kappa shape index (κ1) is 16.7. The standard InChI is InChI=1S/C18H17Cl3N2/c19-12-5-3-4-11(10-12)17-13(6-1-2-9-22)16-14(20)7-8-15(21)18(16)23-17/h3-5,7-8,10,23H,1-2,6,9,22H2. The van der Waals surface area contributed by atoms with Gasteiger partial charge in [0, 0.05) is 16.1 Å². The van der Waals surface area contributed by atoms with Crippen molar-refractivity contribution in [2.75, 3.05) is 6.54 Å². The number of hydrogen-bond acceptors (Lipinski definition) is 1. The van der Waals surface area contributed by atoms with Gasteiger partial charge in [-0.3, -0.25) is 0 Å².